The summed E-state index contributed by atoms with van der Waals surface area (Å²) in [6.45, 7) is 8.02. The number of aromatic nitrogens is 1. The first-order chi connectivity index (χ1) is 5.04. The van der Waals surface area contributed by atoms with Crippen LogP contribution in [-0.2, 0) is 3.42 Å². The lowest BCUT2D eigenvalue weighted by atomic mass is 10.2. The Morgan fingerprint density at radius 1 is 1.73 bits per heavy atom. The third kappa shape index (κ3) is 2.27. The van der Waals surface area contributed by atoms with Crippen LogP contribution in [-0.4, -0.2) is 4.37 Å². The van der Waals surface area contributed by atoms with E-state index in [4.69, 9.17) is 0 Å². The van der Waals surface area contributed by atoms with E-state index in [2.05, 4.69) is 53.5 Å². The fourth-order valence-corrected chi connectivity index (χ4v) is 1.84. The molecule has 1 aromatic rings. The molecule has 0 aliphatic heterocycles. The Balaban J connectivity index is 2.98. The number of halogens is 1. The standard InChI is InChI=1S/C8H10INS/c1-4-6-5-7(11-10-6)8(2,3)9/h4-5H,1H2,2-3H3. The number of rotatable bonds is 2. The van der Waals surface area contributed by atoms with E-state index >= 15 is 0 Å². The second-order valence-electron chi connectivity index (χ2n) is 2.79. The van der Waals surface area contributed by atoms with Crippen LogP contribution in [0.15, 0.2) is 12.6 Å². The molecular weight excluding hydrogens is 269 g/mol. The van der Waals surface area contributed by atoms with E-state index < -0.39 is 0 Å². The first-order valence-corrected chi connectivity index (χ1v) is 5.18. The first-order valence-electron chi connectivity index (χ1n) is 3.32. The maximum Gasteiger partial charge on any atom is 0.0765 e. The van der Waals surface area contributed by atoms with Crippen molar-refractivity contribution in [2.75, 3.05) is 0 Å². The maximum absolute atomic E-state index is 4.22. The lowest BCUT2D eigenvalue weighted by Crippen LogP contribution is -2.02. The smallest absolute Gasteiger partial charge is 0.0765 e. The highest BCUT2D eigenvalue weighted by atomic mass is 127. The summed E-state index contributed by atoms with van der Waals surface area (Å²) >= 11 is 3.96. The molecule has 3 heteroatoms. The molecule has 0 aliphatic carbocycles. The number of alkyl halides is 1. The minimum atomic E-state index is 0.191. The normalized spacial score (nSPS) is 11.5. The van der Waals surface area contributed by atoms with Crippen molar-refractivity contribution in [2.24, 2.45) is 0 Å². The van der Waals surface area contributed by atoms with E-state index in [0.29, 0.717) is 0 Å². The van der Waals surface area contributed by atoms with Crippen molar-refractivity contribution in [2.45, 2.75) is 17.3 Å². The number of hydrogen-bond acceptors (Lipinski definition) is 2. The Hall–Kier alpha value is 0.1000. The van der Waals surface area contributed by atoms with Crippen molar-refractivity contribution in [3.05, 3.63) is 23.2 Å². The van der Waals surface area contributed by atoms with Crippen molar-refractivity contribution in [3.63, 3.8) is 0 Å². The molecule has 0 unspecified atom stereocenters. The molecule has 0 bridgehead atoms. The molecule has 1 aromatic heterocycles. The van der Waals surface area contributed by atoms with Crippen molar-refractivity contribution in [3.8, 4) is 0 Å². The molecule has 60 valence electrons. The van der Waals surface area contributed by atoms with Gasteiger partial charge in [-0.15, -0.1) is 0 Å². The van der Waals surface area contributed by atoms with Gasteiger partial charge in [0.25, 0.3) is 0 Å². The average Bonchev–Trinajstić information content (AvgIpc) is 2.32. The topological polar surface area (TPSA) is 12.9 Å². The molecule has 0 spiro atoms. The van der Waals surface area contributed by atoms with Gasteiger partial charge < -0.3 is 0 Å². The van der Waals surface area contributed by atoms with Crippen molar-refractivity contribution < 1.29 is 0 Å². The Kier molecular flexibility index (Phi) is 2.70. The highest BCUT2D eigenvalue weighted by Gasteiger charge is 2.18. The van der Waals surface area contributed by atoms with Crippen molar-refractivity contribution in [1.29, 1.82) is 0 Å². The van der Waals surface area contributed by atoms with Crippen LogP contribution in [0.1, 0.15) is 24.4 Å². The zero-order chi connectivity index (χ0) is 8.48. The van der Waals surface area contributed by atoms with Gasteiger partial charge in [-0.3, -0.25) is 0 Å². The summed E-state index contributed by atoms with van der Waals surface area (Å²) in [5, 5.41) is 0. The molecule has 0 radical (unpaired) electrons. The second kappa shape index (κ2) is 3.23. The van der Waals surface area contributed by atoms with Crippen LogP contribution in [0.2, 0.25) is 0 Å². The van der Waals surface area contributed by atoms with Crippen molar-refractivity contribution in [1.82, 2.24) is 4.37 Å². The quantitative estimate of drug-likeness (QED) is 0.597. The van der Waals surface area contributed by atoms with E-state index in [0.717, 1.165) is 5.69 Å². The van der Waals surface area contributed by atoms with Gasteiger partial charge in [0, 0.05) is 4.88 Å². The molecular formula is C8H10INS. The van der Waals surface area contributed by atoms with Gasteiger partial charge in [-0.25, -0.2) is 0 Å². The summed E-state index contributed by atoms with van der Waals surface area (Å²) in [5.74, 6) is 0. The SMILES string of the molecule is C=Cc1cc(C(C)(C)I)sn1. The zero-order valence-corrected chi connectivity index (χ0v) is 9.57. The van der Waals surface area contributed by atoms with Gasteiger partial charge in [0.1, 0.15) is 0 Å². The van der Waals surface area contributed by atoms with E-state index in [1.807, 2.05) is 0 Å². The Labute approximate surface area is 84.8 Å². The van der Waals surface area contributed by atoms with Crippen LogP contribution in [0.5, 0.6) is 0 Å². The van der Waals surface area contributed by atoms with Crippen LogP contribution in [0, 0.1) is 0 Å². The fraction of sp³-hybridized carbons (Fsp3) is 0.375. The Morgan fingerprint density at radius 2 is 2.36 bits per heavy atom. The lowest BCUT2D eigenvalue weighted by molar-refractivity contribution is 0.848. The molecule has 1 rings (SSSR count). The van der Waals surface area contributed by atoms with Crippen LogP contribution in [0.25, 0.3) is 6.08 Å². The Bertz CT molecular complexity index is 259. The molecule has 0 fully saturated rings. The summed E-state index contributed by atoms with van der Waals surface area (Å²) in [7, 11) is 0. The van der Waals surface area contributed by atoms with E-state index in [1.54, 1.807) is 17.6 Å². The van der Waals surface area contributed by atoms with Gasteiger partial charge in [0.2, 0.25) is 0 Å². The minimum Gasteiger partial charge on any atom is -0.193 e. The van der Waals surface area contributed by atoms with Gasteiger partial charge in [-0.2, -0.15) is 4.37 Å². The number of nitrogens with zero attached hydrogens (tertiary/aromatic N) is 1. The summed E-state index contributed by atoms with van der Waals surface area (Å²) in [6, 6.07) is 2.09. The third-order valence-corrected chi connectivity index (χ3v) is 3.40. The van der Waals surface area contributed by atoms with Crippen LogP contribution < -0.4 is 0 Å². The fourth-order valence-electron chi connectivity index (χ4n) is 0.665. The summed E-state index contributed by atoms with van der Waals surface area (Å²) in [5.41, 5.74) is 0.981. The second-order valence-corrected chi connectivity index (χ2v) is 6.29. The monoisotopic (exact) mass is 279 g/mol. The van der Waals surface area contributed by atoms with Crippen LogP contribution >= 0.6 is 34.1 Å². The van der Waals surface area contributed by atoms with Gasteiger partial charge in [0.15, 0.2) is 0 Å². The van der Waals surface area contributed by atoms with E-state index in [1.165, 1.54) is 4.88 Å². The largest absolute Gasteiger partial charge is 0.193 e. The third-order valence-electron chi connectivity index (χ3n) is 1.32. The summed E-state index contributed by atoms with van der Waals surface area (Å²) in [6.07, 6.45) is 1.78. The molecule has 11 heavy (non-hydrogen) atoms. The average molecular weight is 279 g/mol. The Morgan fingerprint density at radius 3 is 2.64 bits per heavy atom. The molecule has 0 N–H and O–H groups in total. The van der Waals surface area contributed by atoms with Gasteiger partial charge in [-0.05, 0) is 37.5 Å². The minimum absolute atomic E-state index is 0.191. The molecule has 1 nitrogen and oxygen atoms in total. The highest BCUT2D eigenvalue weighted by molar-refractivity contribution is 14.1. The molecule has 0 atom stereocenters. The van der Waals surface area contributed by atoms with Crippen molar-refractivity contribution >= 4 is 40.2 Å². The highest BCUT2D eigenvalue weighted by Crippen LogP contribution is 2.33. The van der Waals surface area contributed by atoms with Gasteiger partial charge in [0.05, 0.1) is 9.12 Å². The first kappa shape index (κ1) is 9.19. The molecule has 0 amide bonds. The number of hydrogen-bond donors (Lipinski definition) is 0. The van der Waals surface area contributed by atoms with Crippen LogP contribution in [0.3, 0.4) is 0 Å². The molecule has 0 aliphatic rings. The van der Waals surface area contributed by atoms with E-state index in [-0.39, 0.29) is 3.42 Å². The summed E-state index contributed by atoms with van der Waals surface area (Å²) in [4.78, 5) is 1.30. The van der Waals surface area contributed by atoms with E-state index in [9.17, 15) is 0 Å². The molecule has 1 heterocycles. The maximum atomic E-state index is 4.22. The lowest BCUT2D eigenvalue weighted by Gasteiger charge is -2.11. The summed E-state index contributed by atoms with van der Waals surface area (Å²) < 4.78 is 4.41. The van der Waals surface area contributed by atoms with Gasteiger partial charge >= 0.3 is 0 Å². The van der Waals surface area contributed by atoms with Gasteiger partial charge in [-0.1, -0.05) is 29.2 Å². The molecule has 0 saturated carbocycles. The molecule has 0 saturated heterocycles. The zero-order valence-electron chi connectivity index (χ0n) is 6.60. The predicted octanol–water partition coefficient (Wildman–Crippen LogP) is 3.46. The van der Waals surface area contributed by atoms with Crippen LogP contribution in [0.4, 0.5) is 0 Å². The molecule has 0 aromatic carbocycles. The predicted molar refractivity (Wildman–Crippen MR) is 59.3 cm³/mol.